The lowest BCUT2D eigenvalue weighted by Crippen LogP contribution is -1.92. The molecule has 0 aliphatic rings. The van der Waals surface area contributed by atoms with Crippen molar-refractivity contribution in [2.75, 3.05) is 11.1 Å². The average molecular weight is 318 g/mol. The van der Waals surface area contributed by atoms with E-state index in [0.29, 0.717) is 22.8 Å². The maximum atomic E-state index is 5.86. The van der Waals surface area contributed by atoms with Gasteiger partial charge in [-0.25, -0.2) is 0 Å². The lowest BCUT2D eigenvalue weighted by molar-refractivity contribution is 0.623. The van der Waals surface area contributed by atoms with Crippen molar-refractivity contribution in [1.29, 1.82) is 0 Å². The first-order valence-corrected chi connectivity index (χ1v) is 6.61. The van der Waals surface area contributed by atoms with E-state index in [2.05, 4.69) is 26.2 Å². The van der Waals surface area contributed by atoms with Gasteiger partial charge in [-0.2, -0.15) is 4.98 Å². The number of hydrogen-bond donors (Lipinski definition) is 2. The minimum atomic E-state index is 0.430. The van der Waals surface area contributed by atoms with E-state index >= 15 is 0 Å². The molecule has 3 N–H and O–H groups in total. The van der Waals surface area contributed by atoms with E-state index in [9.17, 15) is 0 Å². The lowest BCUT2D eigenvalue weighted by atomic mass is 10.2. The van der Waals surface area contributed by atoms with E-state index in [1.54, 1.807) is 6.07 Å². The molecule has 0 saturated carbocycles. The molecule has 2 aromatic carbocycles. The SMILES string of the molecule is Cc1ccc(Br)c(Nc2nc3c(N)cccc3o2)c1. The number of hydrogen-bond acceptors (Lipinski definition) is 4. The summed E-state index contributed by atoms with van der Waals surface area (Å²) in [6, 6.07) is 11.9. The summed E-state index contributed by atoms with van der Waals surface area (Å²) < 4.78 is 6.58. The number of oxazole rings is 1. The third-order valence-corrected chi connectivity index (χ3v) is 3.51. The van der Waals surface area contributed by atoms with Crippen molar-refractivity contribution in [1.82, 2.24) is 4.98 Å². The topological polar surface area (TPSA) is 64.1 Å². The fourth-order valence-corrected chi connectivity index (χ4v) is 2.22. The Bertz CT molecular complexity index is 752. The summed E-state index contributed by atoms with van der Waals surface area (Å²) >= 11 is 3.49. The zero-order valence-corrected chi connectivity index (χ0v) is 11.9. The van der Waals surface area contributed by atoms with Gasteiger partial charge in [-0.1, -0.05) is 12.1 Å². The van der Waals surface area contributed by atoms with Crippen LogP contribution in [0.15, 0.2) is 45.3 Å². The number of anilines is 3. The van der Waals surface area contributed by atoms with Gasteiger partial charge >= 0.3 is 0 Å². The monoisotopic (exact) mass is 317 g/mol. The molecule has 3 rings (SSSR count). The highest BCUT2D eigenvalue weighted by Gasteiger charge is 2.09. The molecule has 96 valence electrons. The second-order valence-electron chi connectivity index (χ2n) is 4.32. The Morgan fingerprint density at radius 3 is 2.89 bits per heavy atom. The van der Waals surface area contributed by atoms with E-state index in [4.69, 9.17) is 10.2 Å². The molecule has 0 amide bonds. The minimum absolute atomic E-state index is 0.430. The van der Waals surface area contributed by atoms with Crippen LogP contribution in [0.4, 0.5) is 17.4 Å². The van der Waals surface area contributed by atoms with Gasteiger partial charge in [-0.15, -0.1) is 0 Å². The van der Waals surface area contributed by atoms with Crippen LogP contribution in [-0.4, -0.2) is 4.98 Å². The molecule has 1 aromatic heterocycles. The standard InChI is InChI=1S/C14H12BrN3O/c1-8-5-6-9(15)11(7-8)17-14-18-13-10(16)3-2-4-12(13)19-14/h2-7H,16H2,1H3,(H,17,18). The Labute approximate surface area is 118 Å². The summed E-state index contributed by atoms with van der Waals surface area (Å²) in [5.41, 5.74) is 9.88. The molecule has 5 heteroatoms. The van der Waals surface area contributed by atoms with Crippen LogP contribution in [0, 0.1) is 6.92 Å². The molecule has 0 bridgehead atoms. The summed E-state index contributed by atoms with van der Waals surface area (Å²) in [5.74, 6) is 0. The third kappa shape index (κ3) is 2.29. The Balaban J connectivity index is 2.01. The zero-order valence-electron chi connectivity index (χ0n) is 10.3. The second-order valence-corrected chi connectivity index (χ2v) is 5.18. The number of nitrogen functional groups attached to an aromatic ring is 1. The Morgan fingerprint density at radius 2 is 2.11 bits per heavy atom. The number of nitrogens with zero attached hydrogens (tertiary/aromatic N) is 1. The molecule has 0 atom stereocenters. The number of nitrogens with two attached hydrogens (primary N) is 1. The molecule has 0 spiro atoms. The summed E-state index contributed by atoms with van der Waals surface area (Å²) in [7, 11) is 0. The maximum Gasteiger partial charge on any atom is 0.300 e. The highest BCUT2D eigenvalue weighted by molar-refractivity contribution is 9.10. The Morgan fingerprint density at radius 1 is 1.26 bits per heavy atom. The fraction of sp³-hybridized carbons (Fsp3) is 0.0714. The number of fused-ring (bicyclic) bond motifs is 1. The van der Waals surface area contributed by atoms with Crippen LogP contribution in [0.2, 0.25) is 0 Å². The van der Waals surface area contributed by atoms with Crippen LogP contribution < -0.4 is 11.1 Å². The largest absolute Gasteiger partial charge is 0.423 e. The van der Waals surface area contributed by atoms with Gasteiger partial charge in [0.25, 0.3) is 6.01 Å². The van der Waals surface area contributed by atoms with Gasteiger partial charge in [0.05, 0.1) is 11.4 Å². The van der Waals surface area contributed by atoms with Crippen LogP contribution in [0.3, 0.4) is 0 Å². The number of rotatable bonds is 2. The maximum absolute atomic E-state index is 5.86. The number of aromatic nitrogens is 1. The molecular weight excluding hydrogens is 306 g/mol. The van der Waals surface area contributed by atoms with Gasteiger partial charge in [0.2, 0.25) is 0 Å². The summed E-state index contributed by atoms with van der Waals surface area (Å²) in [6.07, 6.45) is 0. The molecule has 0 aliphatic carbocycles. The first-order chi connectivity index (χ1) is 9.13. The van der Waals surface area contributed by atoms with E-state index in [1.807, 2.05) is 37.3 Å². The number of nitrogens with one attached hydrogen (secondary N) is 1. The molecule has 0 radical (unpaired) electrons. The average Bonchev–Trinajstić information content (AvgIpc) is 2.78. The Kier molecular flexibility index (Phi) is 2.91. The molecule has 1 heterocycles. The van der Waals surface area contributed by atoms with E-state index in [1.165, 1.54) is 0 Å². The Hall–Kier alpha value is -2.01. The number of halogens is 1. The number of aryl methyl sites for hydroxylation is 1. The summed E-state index contributed by atoms with van der Waals surface area (Å²) in [6.45, 7) is 2.03. The van der Waals surface area contributed by atoms with Crippen LogP contribution in [0.25, 0.3) is 11.1 Å². The third-order valence-electron chi connectivity index (χ3n) is 2.81. The number of benzene rings is 2. The molecule has 0 unspecified atom stereocenters. The molecule has 4 nitrogen and oxygen atoms in total. The minimum Gasteiger partial charge on any atom is -0.423 e. The summed E-state index contributed by atoms with van der Waals surface area (Å²) in [5, 5.41) is 3.15. The van der Waals surface area contributed by atoms with Crippen molar-refractivity contribution in [3.8, 4) is 0 Å². The van der Waals surface area contributed by atoms with Crippen molar-refractivity contribution < 1.29 is 4.42 Å². The normalized spacial score (nSPS) is 10.8. The zero-order chi connectivity index (χ0) is 13.4. The highest BCUT2D eigenvalue weighted by Crippen LogP contribution is 2.29. The van der Waals surface area contributed by atoms with Crippen molar-refractivity contribution >= 4 is 44.4 Å². The van der Waals surface area contributed by atoms with Gasteiger partial charge in [-0.05, 0) is 52.7 Å². The van der Waals surface area contributed by atoms with Crippen LogP contribution >= 0.6 is 15.9 Å². The molecule has 0 fully saturated rings. The predicted molar refractivity (Wildman–Crippen MR) is 80.6 cm³/mol. The van der Waals surface area contributed by atoms with Gasteiger partial charge < -0.3 is 15.5 Å². The molecule has 0 aliphatic heterocycles. The smallest absolute Gasteiger partial charge is 0.300 e. The highest BCUT2D eigenvalue weighted by atomic mass is 79.9. The molecular formula is C14H12BrN3O. The first-order valence-electron chi connectivity index (χ1n) is 5.82. The van der Waals surface area contributed by atoms with Crippen LogP contribution in [-0.2, 0) is 0 Å². The van der Waals surface area contributed by atoms with Gasteiger partial charge in [-0.3, -0.25) is 0 Å². The van der Waals surface area contributed by atoms with Gasteiger partial charge in [0.15, 0.2) is 5.58 Å². The first kappa shape index (κ1) is 12.0. The second kappa shape index (κ2) is 4.59. The van der Waals surface area contributed by atoms with E-state index < -0.39 is 0 Å². The van der Waals surface area contributed by atoms with E-state index in [-0.39, 0.29) is 0 Å². The van der Waals surface area contributed by atoms with Gasteiger partial charge in [0.1, 0.15) is 5.52 Å². The van der Waals surface area contributed by atoms with Crippen LogP contribution in [0.1, 0.15) is 5.56 Å². The molecule has 0 saturated heterocycles. The van der Waals surface area contributed by atoms with Crippen molar-refractivity contribution in [2.45, 2.75) is 6.92 Å². The quantitative estimate of drug-likeness (QED) is 0.694. The van der Waals surface area contributed by atoms with Crippen molar-refractivity contribution in [3.63, 3.8) is 0 Å². The van der Waals surface area contributed by atoms with Crippen molar-refractivity contribution in [3.05, 3.63) is 46.4 Å². The molecule has 19 heavy (non-hydrogen) atoms. The molecule has 3 aromatic rings. The predicted octanol–water partition coefficient (Wildman–Crippen LogP) is 4.22. The van der Waals surface area contributed by atoms with Gasteiger partial charge in [0, 0.05) is 4.47 Å². The van der Waals surface area contributed by atoms with Crippen molar-refractivity contribution in [2.24, 2.45) is 0 Å². The van der Waals surface area contributed by atoms with E-state index in [0.717, 1.165) is 15.7 Å². The van der Waals surface area contributed by atoms with Crippen LogP contribution in [0.5, 0.6) is 0 Å². The summed E-state index contributed by atoms with van der Waals surface area (Å²) in [4.78, 5) is 4.35. The fourth-order valence-electron chi connectivity index (χ4n) is 1.87. The number of para-hydroxylation sites is 1. The lowest BCUT2D eigenvalue weighted by Gasteiger charge is -2.05.